The highest BCUT2D eigenvalue weighted by atomic mass is 79.9. The Morgan fingerprint density at radius 2 is 2.00 bits per heavy atom. The van der Waals surface area contributed by atoms with Crippen LogP contribution in [-0.2, 0) is 0 Å². The highest BCUT2D eigenvalue weighted by molar-refractivity contribution is 9.10. The van der Waals surface area contributed by atoms with E-state index in [1.54, 1.807) is 12.1 Å². The molecule has 1 N–H and O–H groups in total. The van der Waals surface area contributed by atoms with Crippen LogP contribution >= 0.6 is 27.7 Å². The van der Waals surface area contributed by atoms with Crippen LogP contribution in [0.4, 0.5) is 5.69 Å². The first-order valence-electron chi connectivity index (χ1n) is 6.25. The number of thiocyanates is 1. The van der Waals surface area contributed by atoms with E-state index in [2.05, 4.69) is 26.6 Å². The van der Waals surface area contributed by atoms with Gasteiger partial charge in [-0.2, -0.15) is 5.26 Å². The van der Waals surface area contributed by atoms with Crippen molar-refractivity contribution in [1.29, 1.82) is 5.26 Å². The molecule has 0 fully saturated rings. The van der Waals surface area contributed by atoms with Crippen LogP contribution in [0.5, 0.6) is 0 Å². The summed E-state index contributed by atoms with van der Waals surface area (Å²) in [7, 11) is 0. The molecule has 0 saturated carbocycles. The third-order valence-corrected chi connectivity index (χ3v) is 4.26. The van der Waals surface area contributed by atoms with E-state index >= 15 is 0 Å². The van der Waals surface area contributed by atoms with E-state index in [0.717, 1.165) is 37.9 Å². The van der Waals surface area contributed by atoms with Crippen molar-refractivity contribution in [2.24, 2.45) is 0 Å². The van der Waals surface area contributed by atoms with E-state index in [4.69, 9.17) is 5.26 Å². The van der Waals surface area contributed by atoms with Crippen LogP contribution in [0.25, 0.3) is 0 Å². The lowest BCUT2D eigenvalue weighted by Crippen LogP contribution is -2.13. The van der Waals surface area contributed by atoms with Gasteiger partial charge >= 0.3 is 0 Å². The van der Waals surface area contributed by atoms with Crippen molar-refractivity contribution in [1.82, 2.24) is 0 Å². The average Bonchev–Trinajstić information content (AvgIpc) is 2.44. The molecule has 0 aromatic heterocycles. The number of carbonyl (C=O) groups excluding carboxylic acids is 1. The van der Waals surface area contributed by atoms with Crippen molar-refractivity contribution in [3.05, 3.63) is 57.6 Å². The SMILES string of the molecule is Cc1cc(SC#N)c(C)cc1NC(=O)c1cccc(Br)c1. The number of rotatable bonds is 3. The van der Waals surface area contributed by atoms with Gasteiger partial charge in [0.2, 0.25) is 0 Å². The number of thioether (sulfide) groups is 1. The van der Waals surface area contributed by atoms with Crippen LogP contribution in [-0.4, -0.2) is 5.91 Å². The zero-order valence-corrected chi connectivity index (χ0v) is 14.0. The van der Waals surface area contributed by atoms with Gasteiger partial charge in [-0.15, -0.1) is 0 Å². The van der Waals surface area contributed by atoms with E-state index in [1.165, 1.54) is 0 Å². The third kappa shape index (κ3) is 3.87. The van der Waals surface area contributed by atoms with E-state index in [9.17, 15) is 4.79 Å². The van der Waals surface area contributed by atoms with Gasteiger partial charge in [-0.25, -0.2) is 0 Å². The number of amides is 1. The number of nitriles is 1. The molecule has 5 heteroatoms. The van der Waals surface area contributed by atoms with Crippen molar-refractivity contribution in [3.8, 4) is 5.40 Å². The highest BCUT2D eigenvalue weighted by Crippen LogP contribution is 2.28. The fourth-order valence-corrected chi connectivity index (χ4v) is 2.86. The normalized spacial score (nSPS) is 10.0. The molecule has 0 saturated heterocycles. The standard InChI is InChI=1S/C16H13BrN2OS/c1-10-7-15(21-9-18)11(2)6-14(10)19-16(20)12-4-3-5-13(17)8-12/h3-8H,1-2H3,(H,19,20). The topological polar surface area (TPSA) is 52.9 Å². The second kappa shape index (κ2) is 6.79. The molecule has 0 unspecified atom stereocenters. The van der Waals surface area contributed by atoms with E-state index < -0.39 is 0 Å². The summed E-state index contributed by atoms with van der Waals surface area (Å²) in [4.78, 5) is 13.2. The zero-order chi connectivity index (χ0) is 15.4. The number of benzene rings is 2. The number of anilines is 1. The Morgan fingerprint density at radius 1 is 1.24 bits per heavy atom. The summed E-state index contributed by atoms with van der Waals surface area (Å²) in [6.07, 6.45) is 0. The van der Waals surface area contributed by atoms with Crippen molar-refractivity contribution in [2.75, 3.05) is 5.32 Å². The molecule has 106 valence electrons. The van der Waals surface area contributed by atoms with Crippen LogP contribution in [0, 0.1) is 24.5 Å². The zero-order valence-electron chi connectivity index (χ0n) is 11.6. The van der Waals surface area contributed by atoms with Gasteiger partial charge in [0.15, 0.2) is 0 Å². The summed E-state index contributed by atoms with van der Waals surface area (Å²) < 4.78 is 0.865. The Labute approximate surface area is 136 Å². The first-order valence-corrected chi connectivity index (χ1v) is 7.86. The summed E-state index contributed by atoms with van der Waals surface area (Å²) in [5.41, 5.74) is 3.26. The lowest BCUT2D eigenvalue weighted by atomic mass is 10.1. The Morgan fingerprint density at radius 3 is 2.67 bits per heavy atom. The van der Waals surface area contributed by atoms with Gasteiger partial charge in [0.05, 0.1) is 0 Å². The van der Waals surface area contributed by atoms with Gasteiger partial charge in [0.25, 0.3) is 5.91 Å². The summed E-state index contributed by atoms with van der Waals surface area (Å²) in [6.45, 7) is 3.84. The molecule has 1 amide bonds. The average molecular weight is 361 g/mol. The van der Waals surface area contributed by atoms with Crippen molar-refractivity contribution >= 4 is 39.3 Å². The number of nitrogens with zero attached hydrogens (tertiary/aromatic N) is 1. The predicted octanol–water partition coefficient (Wildman–Crippen LogP) is 4.89. The Bertz CT molecular complexity index is 738. The van der Waals surface area contributed by atoms with E-state index in [-0.39, 0.29) is 5.91 Å². The van der Waals surface area contributed by atoms with Crippen LogP contribution in [0.1, 0.15) is 21.5 Å². The minimum absolute atomic E-state index is 0.153. The monoisotopic (exact) mass is 360 g/mol. The van der Waals surface area contributed by atoms with Gasteiger partial charge in [-0.3, -0.25) is 4.79 Å². The number of hydrogen-bond donors (Lipinski definition) is 1. The molecule has 0 heterocycles. The second-order valence-electron chi connectivity index (χ2n) is 4.59. The molecule has 2 rings (SSSR count). The molecule has 3 nitrogen and oxygen atoms in total. The quantitative estimate of drug-likeness (QED) is 0.625. The molecule has 0 atom stereocenters. The lowest BCUT2D eigenvalue weighted by molar-refractivity contribution is 0.102. The van der Waals surface area contributed by atoms with Gasteiger partial charge in [-0.1, -0.05) is 22.0 Å². The largest absolute Gasteiger partial charge is 0.322 e. The number of aryl methyl sites for hydroxylation is 2. The van der Waals surface area contributed by atoms with E-state index in [0.29, 0.717) is 5.56 Å². The van der Waals surface area contributed by atoms with Gasteiger partial charge < -0.3 is 5.32 Å². The third-order valence-electron chi connectivity index (χ3n) is 3.01. The molecule has 0 aliphatic rings. The molecule has 0 radical (unpaired) electrons. The summed E-state index contributed by atoms with van der Waals surface area (Å²) in [5.74, 6) is -0.153. The number of carbonyl (C=O) groups is 1. The molecule has 0 aliphatic heterocycles. The predicted molar refractivity (Wildman–Crippen MR) is 89.5 cm³/mol. The second-order valence-corrected chi connectivity index (χ2v) is 6.33. The molecular weight excluding hydrogens is 348 g/mol. The smallest absolute Gasteiger partial charge is 0.255 e. The summed E-state index contributed by atoms with van der Waals surface area (Å²) in [5, 5.41) is 13.7. The van der Waals surface area contributed by atoms with Crippen LogP contribution in [0.15, 0.2) is 45.8 Å². The maximum absolute atomic E-state index is 12.3. The Kier molecular flexibility index (Phi) is 5.05. The van der Waals surface area contributed by atoms with E-state index in [1.807, 2.05) is 38.1 Å². The Hall–Kier alpha value is -1.77. The molecule has 21 heavy (non-hydrogen) atoms. The number of hydrogen-bond acceptors (Lipinski definition) is 3. The molecule has 2 aromatic rings. The highest BCUT2D eigenvalue weighted by Gasteiger charge is 2.10. The minimum atomic E-state index is -0.153. The molecule has 0 spiro atoms. The van der Waals surface area contributed by atoms with Crippen LogP contribution in [0.3, 0.4) is 0 Å². The number of nitrogens with one attached hydrogen (secondary N) is 1. The molecule has 2 aromatic carbocycles. The molecule has 0 aliphatic carbocycles. The van der Waals surface area contributed by atoms with Crippen LogP contribution < -0.4 is 5.32 Å². The molecular formula is C16H13BrN2OS. The first kappa shape index (κ1) is 15.6. The maximum Gasteiger partial charge on any atom is 0.255 e. The van der Waals surface area contributed by atoms with Crippen molar-refractivity contribution in [3.63, 3.8) is 0 Å². The van der Waals surface area contributed by atoms with Crippen LogP contribution in [0.2, 0.25) is 0 Å². The first-order chi connectivity index (χ1) is 10.0. The van der Waals surface area contributed by atoms with Crippen molar-refractivity contribution < 1.29 is 4.79 Å². The molecule has 0 bridgehead atoms. The minimum Gasteiger partial charge on any atom is -0.322 e. The fourth-order valence-electron chi connectivity index (χ4n) is 1.91. The summed E-state index contributed by atoms with van der Waals surface area (Å²) >= 11 is 4.48. The van der Waals surface area contributed by atoms with Gasteiger partial charge in [0, 0.05) is 20.6 Å². The van der Waals surface area contributed by atoms with Gasteiger partial charge in [0.1, 0.15) is 5.40 Å². The number of halogens is 1. The summed E-state index contributed by atoms with van der Waals surface area (Å²) in [6, 6.07) is 11.0. The van der Waals surface area contributed by atoms with Crippen molar-refractivity contribution in [2.45, 2.75) is 18.7 Å². The van der Waals surface area contributed by atoms with Gasteiger partial charge in [-0.05, 0) is 67.1 Å². The fraction of sp³-hybridized carbons (Fsp3) is 0.125. The lowest BCUT2D eigenvalue weighted by Gasteiger charge is -2.11. The maximum atomic E-state index is 12.3. The Balaban J connectivity index is 2.26.